The molecule has 0 fully saturated rings. The first kappa shape index (κ1) is 9.20. The van der Waals surface area contributed by atoms with E-state index in [0.717, 1.165) is 0 Å². The van der Waals surface area contributed by atoms with Crippen LogP contribution in [0.4, 0.5) is 4.39 Å². The molecule has 0 heterocycles. The molecule has 0 unspecified atom stereocenters. The van der Waals surface area contributed by atoms with Gasteiger partial charge >= 0.3 is 0 Å². The molecule has 0 aliphatic rings. The number of halogens is 1. The number of ether oxygens (including phenoxy) is 1. The molecule has 0 aliphatic heterocycles. The summed E-state index contributed by atoms with van der Waals surface area (Å²) >= 11 is 0. The van der Waals surface area contributed by atoms with Crippen molar-refractivity contribution >= 4 is 0 Å². The molecule has 0 saturated heterocycles. The first-order valence-electron chi connectivity index (χ1n) is 4.05. The van der Waals surface area contributed by atoms with E-state index in [0.29, 0.717) is 12.2 Å². The summed E-state index contributed by atoms with van der Waals surface area (Å²) < 4.78 is 18.2. The van der Waals surface area contributed by atoms with Gasteiger partial charge in [0.15, 0.2) is 0 Å². The van der Waals surface area contributed by atoms with Crippen molar-refractivity contribution in [1.29, 1.82) is 0 Å². The standard InChI is InChI=1S/C10H13FO/c1-8(2)12-7-9-5-3-4-6-10(9)11/h3-6,8H,7H2,1-2H3. The molecule has 0 aliphatic carbocycles. The van der Waals surface area contributed by atoms with Gasteiger partial charge in [-0.2, -0.15) is 0 Å². The molecule has 1 aromatic carbocycles. The Bertz CT molecular complexity index is 245. The van der Waals surface area contributed by atoms with E-state index in [1.165, 1.54) is 6.07 Å². The zero-order chi connectivity index (χ0) is 8.97. The number of hydrogen-bond acceptors (Lipinski definition) is 1. The highest BCUT2D eigenvalue weighted by atomic mass is 19.1. The lowest BCUT2D eigenvalue weighted by Crippen LogP contribution is -2.03. The van der Waals surface area contributed by atoms with Gasteiger partial charge in [0.05, 0.1) is 12.7 Å². The number of hydrogen-bond donors (Lipinski definition) is 0. The Kier molecular flexibility index (Phi) is 3.23. The van der Waals surface area contributed by atoms with Crippen LogP contribution in [-0.4, -0.2) is 6.10 Å². The quantitative estimate of drug-likeness (QED) is 0.674. The summed E-state index contributed by atoms with van der Waals surface area (Å²) in [6.45, 7) is 4.21. The molecule has 0 N–H and O–H groups in total. The van der Waals surface area contributed by atoms with Gasteiger partial charge < -0.3 is 4.74 Å². The van der Waals surface area contributed by atoms with Crippen molar-refractivity contribution in [2.75, 3.05) is 0 Å². The second-order valence-corrected chi connectivity index (χ2v) is 2.95. The second kappa shape index (κ2) is 4.21. The lowest BCUT2D eigenvalue weighted by molar-refractivity contribution is 0.0639. The highest BCUT2D eigenvalue weighted by Gasteiger charge is 2.00. The van der Waals surface area contributed by atoms with Gasteiger partial charge in [-0.05, 0) is 19.9 Å². The van der Waals surface area contributed by atoms with Crippen LogP contribution in [0.15, 0.2) is 24.3 Å². The van der Waals surface area contributed by atoms with Gasteiger partial charge in [-0.1, -0.05) is 18.2 Å². The number of benzene rings is 1. The maximum atomic E-state index is 13.0. The molecule has 12 heavy (non-hydrogen) atoms. The van der Waals surface area contributed by atoms with E-state index >= 15 is 0 Å². The van der Waals surface area contributed by atoms with Crippen LogP contribution in [0, 0.1) is 5.82 Å². The van der Waals surface area contributed by atoms with Crippen molar-refractivity contribution in [3.63, 3.8) is 0 Å². The molecule has 1 aromatic rings. The molecule has 1 rings (SSSR count). The largest absolute Gasteiger partial charge is 0.374 e. The van der Waals surface area contributed by atoms with E-state index in [-0.39, 0.29) is 11.9 Å². The molecule has 0 aromatic heterocycles. The van der Waals surface area contributed by atoms with E-state index < -0.39 is 0 Å². The monoisotopic (exact) mass is 168 g/mol. The van der Waals surface area contributed by atoms with Gasteiger partial charge in [-0.15, -0.1) is 0 Å². The fraction of sp³-hybridized carbons (Fsp3) is 0.400. The Balaban J connectivity index is 2.57. The summed E-state index contributed by atoms with van der Waals surface area (Å²) in [5.41, 5.74) is 0.617. The molecule has 0 bridgehead atoms. The van der Waals surface area contributed by atoms with Crippen molar-refractivity contribution in [1.82, 2.24) is 0 Å². The summed E-state index contributed by atoms with van der Waals surface area (Å²) in [7, 11) is 0. The van der Waals surface area contributed by atoms with Gasteiger partial charge in [0.25, 0.3) is 0 Å². The van der Waals surface area contributed by atoms with Gasteiger partial charge in [0.1, 0.15) is 5.82 Å². The highest BCUT2D eigenvalue weighted by Crippen LogP contribution is 2.08. The van der Waals surface area contributed by atoms with Crippen LogP contribution in [0.3, 0.4) is 0 Å². The fourth-order valence-corrected chi connectivity index (χ4v) is 0.872. The summed E-state index contributed by atoms with van der Waals surface area (Å²) in [5.74, 6) is -0.196. The molecule has 0 radical (unpaired) electrons. The topological polar surface area (TPSA) is 9.23 Å². The van der Waals surface area contributed by atoms with E-state index in [9.17, 15) is 4.39 Å². The number of rotatable bonds is 3. The molecule has 0 amide bonds. The Morgan fingerprint density at radius 3 is 2.58 bits per heavy atom. The summed E-state index contributed by atoms with van der Waals surface area (Å²) in [6.07, 6.45) is 0.143. The van der Waals surface area contributed by atoms with E-state index in [4.69, 9.17) is 4.74 Å². The molecular weight excluding hydrogens is 155 g/mol. The Labute approximate surface area is 72.2 Å². The minimum absolute atomic E-state index is 0.143. The molecule has 2 heteroatoms. The van der Waals surface area contributed by atoms with Crippen LogP contribution < -0.4 is 0 Å². The normalized spacial score (nSPS) is 10.7. The predicted molar refractivity (Wildman–Crippen MR) is 46.3 cm³/mol. The predicted octanol–water partition coefficient (Wildman–Crippen LogP) is 2.75. The Morgan fingerprint density at radius 2 is 2.00 bits per heavy atom. The fourth-order valence-electron chi connectivity index (χ4n) is 0.872. The van der Waals surface area contributed by atoms with Crippen LogP contribution in [0.1, 0.15) is 19.4 Å². The van der Waals surface area contributed by atoms with Crippen molar-refractivity contribution in [2.24, 2.45) is 0 Å². The highest BCUT2D eigenvalue weighted by molar-refractivity contribution is 5.16. The SMILES string of the molecule is CC(C)OCc1ccccc1F. The second-order valence-electron chi connectivity index (χ2n) is 2.95. The first-order chi connectivity index (χ1) is 5.70. The van der Waals surface area contributed by atoms with E-state index in [2.05, 4.69) is 0 Å². The van der Waals surface area contributed by atoms with Crippen LogP contribution in [0.5, 0.6) is 0 Å². The van der Waals surface area contributed by atoms with Crippen molar-refractivity contribution in [3.05, 3.63) is 35.6 Å². The maximum Gasteiger partial charge on any atom is 0.128 e. The molecule has 0 saturated carbocycles. The van der Waals surface area contributed by atoms with Gasteiger partial charge in [0, 0.05) is 5.56 Å². The van der Waals surface area contributed by atoms with Crippen LogP contribution in [0.25, 0.3) is 0 Å². The molecule has 0 spiro atoms. The third kappa shape index (κ3) is 2.62. The van der Waals surface area contributed by atoms with Crippen LogP contribution in [0.2, 0.25) is 0 Å². The van der Waals surface area contributed by atoms with Gasteiger partial charge in [-0.25, -0.2) is 4.39 Å². The third-order valence-corrected chi connectivity index (χ3v) is 1.53. The lowest BCUT2D eigenvalue weighted by atomic mass is 10.2. The molecular formula is C10H13FO. The van der Waals surface area contributed by atoms with E-state index in [1.807, 2.05) is 19.9 Å². The van der Waals surface area contributed by atoms with Crippen molar-refractivity contribution in [3.8, 4) is 0 Å². The average Bonchev–Trinajstić information content (AvgIpc) is 2.03. The van der Waals surface area contributed by atoms with Crippen LogP contribution >= 0.6 is 0 Å². The maximum absolute atomic E-state index is 13.0. The zero-order valence-corrected chi connectivity index (χ0v) is 7.38. The minimum Gasteiger partial charge on any atom is -0.374 e. The van der Waals surface area contributed by atoms with Crippen LogP contribution in [-0.2, 0) is 11.3 Å². The molecule has 66 valence electrons. The smallest absolute Gasteiger partial charge is 0.128 e. The van der Waals surface area contributed by atoms with Gasteiger partial charge in [-0.3, -0.25) is 0 Å². The lowest BCUT2D eigenvalue weighted by Gasteiger charge is -2.07. The minimum atomic E-state index is -0.196. The third-order valence-electron chi connectivity index (χ3n) is 1.53. The molecule has 1 nitrogen and oxygen atoms in total. The Morgan fingerprint density at radius 1 is 1.33 bits per heavy atom. The summed E-state index contributed by atoms with van der Waals surface area (Å²) in [5, 5.41) is 0. The average molecular weight is 168 g/mol. The van der Waals surface area contributed by atoms with Crippen molar-refractivity contribution < 1.29 is 9.13 Å². The first-order valence-corrected chi connectivity index (χ1v) is 4.05. The summed E-state index contributed by atoms with van der Waals surface area (Å²) in [6, 6.07) is 6.66. The van der Waals surface area contributed by atoms with E-state index in [1.54, 1.807) is 12.1 Å². The van der Waals surface area contributed by atoms with Gasteiger partial charge in [0.2, 0.25) is 0 Å². The zero-order valence-electron chi connectivity index (χ0n) is 7.38. The Hall–Kier alpha value is -0.890. The summed E-state index contributed by atoms with van der Waals surface area (Å²) in [4.78, 5) is 0. The molecule has 0 atom stereocenters. The van der Waals surface area contributed by atoms with Crippen molar-refractivity contribution in [2.45, 2.75) is 26.6 Å².